The molecule has 2 nitrogen and oxygen atoms in total. The van der Waals surface area contributed by atoms with Crippen LogP contribution in [0.15, 0.2) is 103 Å². The normalized spacial score (nSPS) is 18.1. The van der Waals surface area contributed by atoms with Crippen molar-refractivity contribution in [3.8, 4) is 11.1 Å². The zero-order chi connectivity index (χ0) is 38.1. The molecule has 0 aromatic heterocycles. The lowest BCUT2D eigenvalue weighted by Gasteiger charge is -2.42. The van der Waals surface area contributed by atoms with Gasteiger partial charge in [-0.15, -0.1) is 0 Å². The van der Waals surface area contributed by atoms with Gasteiger partial charge in [0.2, 0.25) is 0 Å². The highest BCUT2D eigenvalue weighted by atomic mass is 15.1. The summed E-state index contributed by atoms with van der Waals surface area (Å²) in [5.41, 5.74) is 17.3. The summed E-state index contributed by atoms with van der Waals surface area (Å²) in [7, 11) is 0. The molecule has 1 N–H and O–H groups in total. The number of fused-ring (bicyclic) bond motifs is 2. The van der Waals surface area contributed by atoms with Crippen molar-refractivity contribution in [2.24, 2.45) is 0 Å². The van der Waals surface area contributed by atoms with Crippen LogP contribution in [0.5, 0.6) is 0 Å². The van der Waals surface area contributed by atoms with Gasteiger partial charge in [-0.3, -0.25) is 0 Å². The Hall–Kier alpha value is -4.30. The first-order valence-electron chi connectivity index (χ1n) is 19.9. The van der Waals surface area contributed by atoms with Crippen LogP contribution in [0.4, 0.5) is 28.4 Å². The van der Waals surface area contributed by atoms with E-state index in [0.717, 1.165) is 17.1 Å². The van der Waals surface area contributed by atoms with Gasteiger partial charge >= 0.3 is 0 Å². The van der Waals surface area contributed by atoms with Crippen molar-refractivity contribution in [3.63, 3.8) is 0 Å². The summed E-state index contributed by atoms with van der Waals surface area (Å²) >= 11 is 0. The molecule has 0 amide bonds. The minimum atomic E-state index is 0.0212. The minimum Gasteiger partial charge on any atom is -0.355 e. The Morgan fingerprint density at radius 1 is 0.509 bits per heavy atom. The molecule has 0 saturated heterocycles. The number of anilines is 5. The SMILES string of the molecule is Cc1cc(Nc2ccc3c(c2)C(C)(C)CCC3(C)C)cc(N(c2ccc3c(c2)C(C)(C)CCC3(C)C)c2ccc(C(C)(C)C)cc2-c2ccccc2)c1. The Balaban J connectivity index is 1.42. The molecule has 5 aromatic rings. The number of rotatable bonds is 6. The summed E-state index contributed by atoms with van der Waals surface area (Å²) < 4.78 is 0. The molecule has 0 atom stereocenters. The van der Waals surface area contributed by atoms with Crippen molar-refractivity contribution < 1.29 is 0 Å². The molecule has 0 bridgehead atoms. The van der Waals surface area contributed by atoms with E-state index < -0.39 is 0 Å². The molecule has 2 aliphatic carbocycles. The van der Waals surface area contributed by atoms with E-state index in [-0.39, 0.29) is 27.1 Å². The third-order valence-electron chi connectivity index (χ3n) is 12.7. The number of hydrogen-bond acceptors (Lipinski definition) is 2. The molecule has 276 valence electrons. The maximum atomic E-state index is 3.88. The zero-order valence-electron chi connectivity index (χ0n) is 34.6. The molecule has 0 aliphatic heterocycles. The van der Waals surface area contributed by atoms with E-state index in [4.69, 9.17) is 0 Å². The highest BCUT2D eigenvalue weighted by Gasteiger charge is 2.38. The molecule has 53 heavy (non-hydrogen) atoms. The Kier molecular flexibility index (Phi) is 9.03. The van der Waals surface area contributed by atoms with E-state index in [0.29, 0.717) is 0 Å². The monoisotopic (exact) mass is 702 g/mol. The second-order valence-electron chi connectivity index (χ2n) is 19.9. The summed E-state index contributed by atoms with van der Waals surface area (Å²) in [5.74, 6) is 0. The average molecular weight is 703 g/mol. The van der Waals surface area contributed by atoms with Gasteiger partial charge < -0.3 is 10.2 Å². The van der Waals surface area contributed by atoms with Gasteiger partial charge in [-0.2, -0.15) is 0 Å². The van der Waals surface area contributed by atoms with Crippen molar-refractivity contribution in [2.75, 3.05) is 10.2 Å². The second kappa shape index (κ2) is 12.9. The van der Waals surface area contributed by atoms with Crippen LogP contribution in [0.25, 0.3) is 11.1 Å². The van der Waals surface area contributed by atoms with Crippen molar-refractivity contribution >= 4 is 28.4 Å². The van der Waals surface area contributed by atoms with E-state index in [1.807, 2.05) is 0 Å². The predicted molar refractivity (Wildman–Crippen MR) is 230 cm³/mol. The first-order valence-corrected chi connectivity index (χ1v) is 19.9. The highest BCUT2D eigenvalue weighted by molar-refractivity contribution is 5.90. The summed E-state index contributed by atoms with van der Waals surface area (Å²) in [6.45, 7) is 28.5. The second-order valence-corrected chi connectivity index (χ2v) is 19.9. The number of nitrogens with one attached hydrogen (secondary N) is 1. The summed E-state index contributed by atoms with van der Waals surface area (Å²) in [4.78, 5) is 2.52. The zero-order valence-corrected chi connectivity index (χ0v) is 34.6. The van der Waals surface area contributed by atoms with Gasteiger partial charge in [-0.25, -0.2) is 0 Å². The van der Waals surface area contributed by atoms with Gasteiger partial charge in [0.15, 0.2) is 0 Å². The minimum absolute atomic E-state index is 0.0212. The lowest BCUT2D eigenvalue weighted by atomic mass is 9.63. The number of nitrogens with zero attached hydrogens (tertiary/aromatic N) is 1. The van der Waals surface area contributed by atoms with E-state index in [1.165, 1.54) is 81.6 Å². The third kappa shape index (κ3) is 7.07. The number of hydrogen-bond donors (Lipinski definition) is 1. The Morgan fingerprint density at radius 2 is 1.08 bits per heavy atom. The van der Waals surface area contributed by atoms with Crippen LogP contribution in [0.2, 0.25) is 0 Å². The van der Waals surface area contributed by atoms with E-state index in [9.17, 15) is 0 Å². The van der Waals surface area contributed by atoms with Crippen LogP contribution in [0.3, 0.4) is 0 Å². The fourth-order valence-corrected chi connectivity index (χ4v) is 8.99. The molecule has 0 fully saturated rings. The maximum absolute atomic E-state index is 3.88. The molecular weight excluding hydrogens is 641 g/mol. The third-order valence-corrected chi connectivity index (χ3v) is 12.7. The quantitative estimate of drug-likeness (QED) is 0.189. The van der Waals surface area contributed by atoms with E-state index in [1.54, 1.807) is 0 Å². The number of benzene rings is 5. The van der Waals surface area contributed by atoms with Gasteiger partial charge in [-0.05, 0) is 153 Å². The smallest absolute Gasteiger partial charge is 0.0540 e. The maximum Gasteiger partial charge on any atom is 0.0540 e. The van der Waals surface area contributed by atoms with Crippen molar-refractivity contribution in [1.29, 1.82) is 0 Å². The lowest BCUT2D eigenvalue weighted by molar-refractivity contribution is 0.332. The highest BCUT2D eigenvalue weighted by Crippen LogP contribution is 2.50. The molecular formula is C51H62N2. The van der Waals surface area contributed by atoms with Crippen molar-refractivity contribution in [3.05, 3.63) is 137 Å². The van der Waals surface area contributed by atoms with Gasteiger partial charge in [0.1, 0.15) is 0 Å². The predicted octanol–water partition coefficient (Wildman–Crippen LogP) is 14.9. The van der Waals surface area contributed by atoms with Crippen LogP contribution < -0.4 is 10.2 Å². The Bertz CT molecular complexity index is 2160. The Morgan fingerprint density at radius 3 is 1.68 bits per heavy atom. The Labute approximate surface area is 321 Å². The van der Waals surface area contributed by atoms with Crippen molar-refractivity contribution in [1.82, 2.24) is 0 Å². The van der Waals surface area contributed by atoms with E-state index in [2.05, 4.69) is 196 Å². The van der Waals surface area contributed by atoms with Crippen LogP contribution >= 0.6 is 0 Å². The average Bonchev–Trinajstić information content (AvgIpc) is 3.09. The largest absolute Gasteiger partial charge is 0.355 e. The molecule has 2 heteroatoms. The fraction of sp³-hybridized carbons (Fsp3) is 0.412. The molecule has 0 radical (unpaired) electrons. The van der Waals surface area contributed by atoms with Crippen LogP contribution in [0, 0.1) is 6.92 Å². The molecule has 0 heterocycles. The topological polar surface area (TPSA) is 15.3 Å². The first-order chi connectivity index (χ1) is 24.7. The van der Waals surface area contributed by atoms with Crippen LogP contribution in [-0.2, 0) is 27.1 Å². The van der Waals surface area contributed by atoms with Gasteiger partial charge in [0.05, 0.1) is 5.69 Å². The standard InChI is InChI=1S/C51H62N2/c1-34-28-38(52-37-19-21-42-44(32-37)50(9,10)26-24-48(42,5)6)31-40(29-34)53(39-20-22-43-45(33-39)51(11,12)27-25-49(43,7)8)46-23-18-36(47(2,3)4)30-41(46)35-16-14-13-15-17-35/h13-23,28-33,52H,24-27H2,1-12H3. The molecule has 0 unspecified atom stereocenters. The van der Waals surface area contributed by atoms with Gasteiger partial charge in [-0.1, -0.05) is 125 Å². The van der Waals surface area contributed by atoms with Crippen LogP contribution in [0.1, 0.15) is 135 Å². The van der Waals surface area contributed by atoms with Gasteiger partial charge in [0.25, 0.3) is 0 Å². The van der Waals surface area contributed by atoms with Gasteiger partial charge in [0, 0.05) is 28.3 Å². The fourth-order valence-electron chi connectivity index (χ4n) is 8.99. The molecule has 5 aromatic carbocycles. The lowest BCUT2D eigenvalue weighted by Crippen LogP contribution is -2.34. The molecule has 0 saturated carbocycles. The summed E-state index contributed by atoms with van der Waals surface area (Å²) in [6.07, 6.45) is 4.80. The summed E-state index contributed by atoms with van der Waals surface area (Å²) in [6, 6.07) is 39.4. The molecule has 0 spiro atoms. The van der Waals surface area contributed by atoms with E-state index >= 15 is 0 Å². The number of aryl methyl sites for hydroxylation is 1. The van der Waals surface area contributed by atoms with Crippen LogP contribution in [-0.4, -0.2) is 0 Å². The van der Waals surface area contributed by atoms with Crippen molar-refractivity contribution in [2.45, 2.75) is 136 Å². The molecule has 7 rings (SSSR count). The summed E-state index contributed by atoms with van der Waals surface area (Å²) in [5, 5.41) is 3.88. The first kappa shape index (κ1) is 37.0. The molecule has 2 aliphatic rings.